The van der Waals surface area contributed by atoms with Crippen molar-refractivity contribution in [2.24, 2.45) is 0 Å². The molecule has 2 aromatic rings. The number of hydrogen-bond donors (Lipinski definition) is 2. The second-order valence-electron chi connectivity index (χ2n) is 5.21. The van der Waals surface area contributed by atoms with E-state index >= 15 is 0 Å². The third-order valence-electron chi connectivity index (χ3n) is 3.44. The molecule has 1 aromatic heterocycles. The van der Waals surface area contributed by atoms with E-state index in [1.807, 2.05) is 6.07 Å². The minimum Gasteiger partial charge on any atom is -0.493 e. The first-order valence-electron chi connectivity index (χ1n) is 7.32. The molecule has 1 amide bonds. The van der Waals surface area contributed by atoms with Gasteiger partial charge in [0, 0.05) is 24.0 Å². The zero-order valence-corrected chi connectivity index (χ0v) is 13.0. The molecule has 3 rings (SSSR count). The average molecular weight is 314 g/mol. The van der Waals surface area contributed by atoms with Crippen LogP contribution in [0.2, 0.25) is 0 Å². The van der Waals surface area contributed by atoms with E-state index in [0.717, 1.165) is 18.5 Å². The van der Waals surface area contributed by atoms with Gasteiger partial charge in [0.25, 0.3) is 5.91 Å². The molecule has 0 spiro atoms. The quantitative estimate of drug-likeness (QED) is 0.849. The molecular weight excluding hydrogens is 296 g/mol. The smallest absolute Gasteiger partial charge is 0.270 e. The van der Waals surface area contributed by atoms with Gasteiger partial charge in [-0.3, -0.25) is 4.79 Å². The van der Waals surface area contributed by atoms with Crippen molar-refractivity contribution < 1.29 is 14.3 Å². The maximum absolute atomic E-state index is 12.0. The lowest BCUT2D eigenvalue weighted by Crippen LogP contribution is -2.26. The minimum atomic E-state index is -0.176. The molecule has 0 bridgehead atoms. The molecule has 1 aliphatic rings. The highest BCUT2D eigenvalue weighted by molar-refractivity contribution is 5.92. The van der Waals surface area contributed by atoms with Gasteiger partial charge in [0.05, 0.1) is 14.2 Å². The van der Waals surface area contributed by atoms with Crippen molar-refractivity contribution in [3.63, 3.8) is 0 Å². The molecule has 23 heavy (non-hydrogen) atoms. The Morgan fingerprint density at radius 1 is 1.17 bits per heavy atom. The molecule has 7 heteroatoms. The fourth-order valence-electron chi connectivity index (χ4n) is 2.08. The maximum Gasteiger partial charge on any atom is 0.270 e. The number of rotatable bonds is 6. The van der Waals surface area contributed by atoms with Crippen LogP contribution in [-0.2, 0) is 0 Å². The number of carbonyl (C=O) groups excluding carboxylic acids is 1. The standard InChI is InChI=1S/C16H18N4O3/c1-22-13-6-5-11(9-14(13)23-2)19-16-17-8-7-12(20-16)15(21)18-10-3-4-10/h5-10H,3-4H2,1-2H3,(H,18,21)(H,17,19,20). The van der Waals surface area contributed by atoms with Gasteiger partial charge < -0.3 is 20.1 Å². The summed E-state index contributed by atoms with van der Waals surface area (Å²) in [4.78, 5) is 20.4. The van der Waals surface area contributed by atoms with Crippen molar-refractivity contribution in [3.8, 4) is 11.5 Å². The summed E-state index contributed by atoms with van der Waals surface area (Å²) in [6.45, 7) is 0. The first-order chi connectivity index (χ1) is 11.2. The summed E-state index contributed by atoms with van der Waals surface area (Å²) in [5.74, 6) is 1.41. The average Bonchev–Trinajstić information content (AvgIpc) is 3.39. The zero-order chi connectivity index (χ0) is 16.2. The van der Waals surface area contributed by atoms with Gasteiger partial charge in [0.2, 0.25) is 5.95 Å². The van der Waals surface area contributed by atoms with Crippen molar-refractivity contribution in [2.45, 2.75) is 18.9 Å². The number of amides is 1. The summed E-state index contributed by atoms with van der Waals surface area (Å²) in [7, 11) is 3.15. The van der Waals surface area contributed by atoms with Crippen molar-refractivity contribution in [1.82, 2.24) is 15.3 Å². The van der Waals surface area contributed by atoms with E-state index in [1.165, 1.54) is 0 Å². The molecule has 1 aromatic carbocycles. The number of methoxy groups -OCH3 is 2. The van der Waals surface area contributed by atoms with Gasteiger partial charge in [0.15, 0.2) is 11.5 Å². The fraction of sp³-hybridized carbons (Fsp3) is 0.312. The lowest BCUT2D eigenvalue weighted by molar-refractivity contribution is 0.0946. The van der Waals surface area contributed by atoms with Crippen molar-refractivity contribution >= 4 is 17.5 Å². The Bertz CT molecular complexity index is 716. The Kier molecular flexibility index (Phi) is 4.27. The molecule has 0 saturated heterocycles. The number of benzene rings is 1. The molecule has 0 radical (unpaired) electrons. The molecule has 0 unspecified atom stereocenters. The lowest BCUT2D eigenvalue weighted by atomic mass is 10.3. The highest BCUT2D eigenvalue weighted by Gasteiger charge is 2.24. The summed E-state index contributed by atoms with van der Waals surface area (Å²) in [6.07, 6.45) is 3.62. The Morgan fingerprint density at radius 2 is 1.96 bits per heavy atom. The fourth-order valence-corrected chi connectivity index (χ4v) is 2.08. The number of carbonyl (C=O) groups is 1. The van der Waals surface area contributed by atoms with E-state index < -0.39 is 0 Å². The number of hydrogen-bond acceptors (Lipinski definition) is 6. The summed E-state index contributed by atoms with van der Waals surface area (Å²) in [5, 5.41) is 5.96. The molecule has 1 saturated carbocycles. The number of nitrogens with zero attached hydrogens (tertiary/aromatic N) is 2. The molecule has 1 aliphatic carbocycles. The van der Waals surface area contributed by atoms with Crippen LogP contribution < -0.4 is 20.1 Å². The Labute approximate surface area is 134 Å². The molecule has 0 atom stereocenters. The molecule has 0 aliphatic heterocycles. The Balaban J connectivity index is 1.75. The van der Waals surface area contributed by atoms with E-state index in [2.05, 4.69) is 20.6 Å². The van der Waals surface area contributed by atoms with Gasteiger partial charge in [-0.2, -0.15) is 0 Å². The van der Waals surface area contributed by atoms with Crippen LogP contribution in [-0.4, -0.2) is 36.1 Å². The number of aromatic nitrogens is 2. The van der Waals surface area contributed by atoms with Gasteiger partial charge in [-0.15, -0.1) is 0 Å². The topological polar surface area (TPSA) is 85.4 Å². The Hall–Kier alpha value is -2.83. The maximum atomic E-state index is 12.0. The van der Waals surface area contributed by atoms with Crippen molar-refractivity contribution in [3.05, 3.63) is 36.2 Å². The van der Waals surface area contributed by atoms with Gasteiger partial charge in [-0.25, -0.2) is 9.97 Å². The van der Waals surface area contributed by atoms with E-state index in [9.17, 15) is 4.79 Å². The number of nitrogens with one attached hydrogen (secondary N) is 2. The second-order valence-corrected chi connectivity index (χ2v) is 5.21. The summed E-state index contributed by atoms with van der Waals surface area (Å²) in [5.41, 5.74) is 1.08. The van der Waals surface area contributed by atoms with E-state index in [0.29, 0.717) is 29.2 Å². The van der Waals surface area contributed by atoms with Crippen LogP contribution in [0.25, 0.3) is 0 Å². The first kappa shape index (κ1) is 15.1. The molecular formula is C16H18N4O3. The molecule has 1 heterocycles. The summed E-state index contributed by atoms with van der Waals surface area (Å²) in [6, 6.07) is 7.27. The monoisotopic (exact) mass is 314 g/mol. The van der Waals surface area contributed by atoms with Crippen molar-refractivity contribution in [1.29, 1.82) is 0 Å². The van der Waals surface area contributed by atoms with Gasteiger partial charge in [-0.05, 0) is 31.0 Å². The van der Waals surface area contributed by atoms with Crippen LogP contribution in [0.5, 0.6) is 11.5 Å². The normalized spacial score (nSPS) is 13.3. The number of ether oxygens (including phenoxy) is 2. The van der Waals surface area contributed by atoms with E-state index in [4.69, 9.17) is 9.47 Å². The van der Waals surface area contributed by atoms with Gasteiger partial charge in [0.1, 0.15) is 5.69 Å². The van der Waals surface area contributed by atoms with Crippen LogP contribution in [0.15, 0.2) is 30.5 Å². The minimum absolute atomic E-state index is 0.176. The van der Waals surface area contributed by atoms with Crippen LogP contribution in [0.4, 0.5) is 11.6 Å². The van der Waals surface area contributed by atoms with Crippen LogP contribution >= 0.6 is 0 Å². The van der Waals surface area contributed by atoms with Crippen LogP contribution in [0.3, 0.4) is 0 Å². The Morgan fingerprint density at radius 3 is 2.65 bits per heavy atom. The van der Waals surface area contributed by atoms with Gasteiger partial charge >= 0.3 is 0 Å². The molecule has 7 nitrogen and oxygen atoms in total. The van der Waals surface area contributed by atoms with Gasteiger partial charge in [-0.1, -0.05) is 0 Å². The summed E-state index contributed by atoms with van der Waals surface area (Å²) >= 11 is 0. The molecule has 120 valence electrons. The molecule has 2 N–H and O–H groups in total. The van der Waals surface area contributed by atoms with Crippen LogP contribution in [0.1, 0.15) is 23.3 Å². The zero-order valence-electron chi connectivity index (χ0n) is 13.0. The van der Waals surface area contributed by atoms with Crippen molar-refractivity contribution in [2.75, 3.05) is 19.5 Å². The highest BCUT2D eigenvalue weighted by Crippen LogP contribution is 2.30. The number of anilines is 2. The second kappa shape index (κ2) is 6.51. The van der Waals surface area contributed by atoms with E-state index in [-0.39, 0.29) is 5.91 Å². The predicted molar refractivity (Wildman–Crippen MR) is 85.3 cm³/mol. The van der Waals surface area contributed by atoms with E-state index in [1.54, 1.807) is 38.6 Å². The largest absolute Gasteiger partial charge is 0.493 e. The highest BCUT2D eigenvalue weighted by atomic mass is 16.5. The third kappa shape index (κ3) is 3.68. The lowest BCUT2D eigenvalue weighted by Gasteiger charge is -2.11. The molecule has 1 fully saturated rings. The predicted octanol–water partition coefficient (Wildman–Crippen LogP) is 2.13. The third-order valence-corrected chi connectivity index (χ3v) is 3.44. The first-order valence-corrected chi connectivity index (χ1v) is 7.32. The van der Waals surface area contributed by atoms with Crippen LogP contribution in [0, 0.1) is 0 Å². The summed E-state index contributed by atoms with van der Waals surface area (Å²) < 4.78 is 10.5. The SMILES string of the molecule is COc1ccc(Nc2nccc(C(=O)NC3CC3)n2)cc1OC.